The first-order chi connectivity index (χ1) is 15.6. The summed E-state index contributed by atoms with van der Waals surface area (Å²) in [6, 6.07) is 6.44. The molecule has 1 unspecified atom stereocenters. The highest BCUT2D eigenvalue weighted by atomic mass is 32.1. The molecule has 3 rings (SSSR count). The molecule has 2 aromatic rings. The van der Waals surface area contributed by atoms with Crippen molar-refractivity contribution in [1.29, 1.82) is 0 Å². The van der Waals surface area contributed by atoms with E-state index in [0.29, 0.717) is 0 Å². The van der Waals surface area contributed by atoms with Gasteiger partial charge in [0.05, 0.1) is 35.7 Å². The van der Waals surface area contributed by atoms with Gasteiger partial charge < -0.3 is 14.9 Å². The first kappa shape index (κ1) is 29.3. The number of hydrogen-bond donors (Lipinski definition) is 2. The lowest BCUT2D eigenvalue weighted by Gasteiger charge is -2.34. The summed E-state index contributed by atoms with van der Waals surface area (Å²) >= 11 is 1.70. The Hall–Kier alpha value is -2.78. The molecule has 1 aliphatic heterocycles. The summed E-state index contributed by atoms with van der Waals surface area (Å²) in [7, 11) is 0. The normalized spacial score (nSPS) is 16.5. The molecule has 0 amide bonds. The minimum Gasteiger partial charge on any atom is -0.475 e. The number of aryl methyl sites for hydroxylation is 2. The maximum atomic E-state index is 10.6. The Morgan fingerprint density at radius 3 is 2.09 bits per heavy atom. The van der Waals surface area contributed by atoms with E-state index >= 15 is 0 Å². The zero-order valence-electron chi connectivity index (χ0n) is 17.9. The van der Waals surface area contributed by atoms with E-state index in [-0.39, 0.29) is 6.04 Å². The minimum atomic E-state index is -5.08. The Morgan fingerprint density at radius 2 is 1.65 bits per heavy atom. The van der Waals surface area contributed by atoms with Crippen molar-refractivity contribution in [2.45, 2.75) is 38.8 Å². The van der Waals surface area contributed by atoms with Crippen LogP contribution in [0.3, 0.4) is 0 Å². The van der Waals surface area contributed by atoms with Crippen molar-refractivity contribution >= 4 is 23.3 Å². The summed E-state index contributed by atoms with van der Waals surface area (Å²) in [5.74, 6) is -5.51. The number of carboxylic acid groups (broad SMARTS) is 2. The fourth-order valence-electron chi connectivity index (χ4n) is 2.53. The molecule has 1 aliphatic rings. The zero-order valence-corrected chi connectivity index (χ0v) is 18.7. The molecule has 0 bridgehead atoms. The second-order valence-corrected chi connectivity index (χ2v) is 7.79. The molecule has 2 aromatic heterocycles. The van der Waals surface area contributed by atoms with E-state index in [0.717, 1.165) is 48.4 Å². The number of pyridine rings is 1. The molecule has 1 saturated heterocycles. The van der Waals surface area contributed by atoms with Gasteiger partial charge in [-0.3, -0.25) is 9.88 Å². The Bertz CT molecular complexity index is 927. The average molecular weight is 517 g/mol. The van der Waals surface area contributed by atoms with Gasteiger partial charge in [0.25, 0.3) is 0 Å². The molecular weight excluding hydrogens is 496 g/mol. The van der Waals surface area contributed by atoms with E-state index in [1.165, 1.54) is 0 Å². The number of thiazole rings is 1. The van der Waals surface area contributed by atoms with Gasteiger partial charge in [0.1, 0.15) is 0 Å². The van der Waals surface area contributed by atoms with Gasteiger partial charge in [0.15, 0.2) is 0 Å². The molecule has 0 spiro atoms. The highest BCUT2D eigenvalue weighted by Crippen LogP contribution is 2.26. The summed E-state index contributed by atoms with van der Waals surface area (Å²) in [4.78, 5) is 29.4. The van der Waals surface area contributed by atoms with Crippen LogP contribution in [-0.4, -0.2) is 69.1 Å². The van der Waals surface area contributed by atoms with Crippen LogP contribution in [0.5, 0.6) is 0 Å². The summed E-state index contributed by atoms with van der Waals surface area (Å²) in [6.45, 7) is 7.36. The number of ether oxygens (including phenoxy) is 1. The number of carbonyl (C=O) groups is 2. The van der Waals surface area contributed by atoms with Crippen molar-refractivity contribution in [3.8, 4) is 0 Å². The van der Waals surface area contributed by atoms with Crippen LogP contribution in [0.4, 0.5) is 26.3 Å². The summed E-state index contributed by atoms with van der Waals surface area (Å²) in [5.41, 5.74) is 3.31. The summed E-state index contributed by atoms with van der Waals surface area (Å²) < 4.78 is 69.1. The number of hydrogen-bond acceptors (Lipinski definition) is 7. The number of halogens is 6. The van der Waals surface area contributed by atoms with Gasteiger partial charge in [-0.25, -0.2) is 14.6 Å². The molecule has 34 heavy (non-hydrogen) atoms. The SMILES string of the molecule is Cc1cccc(CN2CCOCC2c2csc(C)n2)n1.O=C(O)C(F)(F)F.O=C(O)C(F)(F)F. The quantitative estimate of drug-likeness (QED) is 0.588. The average Bonchev–Trinajstić information content (AvgIpc) is 3.14. The largest absolute Gasteiger partial charge is 0.490 e. The van der Waals surface area contributed by atoms with Crippen LogP contribution in [0, 0.1) is 13.8 Å². The van der Waals surface area contributed by atoms with Crippen molar-refractivity contribution in [3.05, 3.63) is 45.7 Å². The molecule has 15 heteroatoms. The third-order valence-corrected chi connectivity index (χ3v) is 4.81. The molecule has 0 saturated carbocycles. The second-order valence-electron chi connectivity index (χ2n) is 6.73. The maximum Gasteiger partial charge on any atom is 0.490 e. The van der Waals surface area contributed by atoms with Crippen LogP contribution in [0.2, 0.25) is 0 Å². The Labute approximate surface area is 193 Å². The fourth-order valence-corrected chi connectivity index (χ4v) is 3.19. The molecule has 1 atom stereocenters. The topological polar surface area (TPSA) is 113 Å². The lowest BCUT2D eigenvalue weighted by molar-refractivity contribution is -0.193. The van der Waals surface area contributed by atoms with E-state index in [4.69, 9.17) is 24.5 Å². The van der Waals surface area contributed by atoms with Gasteiger partial charge in [-0.1, -0.05) is 6.07 Å². The number of nitrogens with zero attached hydrogens (tertiary/aromatic N) is 3. The lowest BCUT2D eigenvalue weighted by atomic mass is 10.1. The molecule has 0 aromatic carbocycles. The number of rotatable bonds is 3. The van der Waals surface area contributed by atoms with E-state index < -0.39 is 24.3 Å². The van der Waals surface area contributed by atoms with Gasteiger partial charge in [-0.2, -0.15) is 26.3 Å². The van der Waals surface area contributed by atoms with Crippen molar-refractivity contribution in [1.82, 2.24) is 14.9 Å². The molecular formula is C19H21F6N3O5S. The van der Waals surface area contributed by atoms with Crippen molar-refractivity contribution in [2.75, 3.05) is 19.8 Å². The van der Waals surface area contributed by atoms with E-state index in [2.05, 4.69) is 32.4 Å². The Kier molecular flexibility index (Phi) is 10.9. The van der Waals surface area contributed by atoms with Crippen molar-refractivity contribution < 1.29 is 50.9 Å². The van der Waals surface area contributed by atoms with Gasteiger partial charge in [0, 0.05) is 24.2 Å². The predicted molar refractivity (Wildman–Crippen MR) is 107 cm³/mol. The van der Waals surface area contributed by atoms with Crippen LogP contribution in [0.25, 0.3) is 0 Å². The standard InChI is InChI=1S/C15H19N3OS.2C2HF3O2/c1-11-4-3-5-13(16-11)8-18-6-7-19-9-15(18)14-10-20-12(2)17-14;2*3-2(4,5)1(6)7/h3-5,10,15H,6-9H2,1-2H3;2*(H,6,7). The number of carboxylic acids is 2. The van der Waals surface area contributed by atoms with Gasteiger partial charge >= 0.3 is 24.3 Å². The van der Waals surface area contributed by atoms with Crippen LogP contribution in [-0.2, 0) is 20.9 Å². The predicted octanol–water partition coefficient (Wildman–Crippen LogP) is 4.00. The first-order valence-electron chi connectivity index (χ1n) is 9.37. The van der Waals surface area contributed by atoms with Crippen molar-refractivity contribution in [3.63, 3.8) is 0 Å². The number of morpholine rings is 1. The van der Waals surface area contributed by atoms with Gasteiger partial charge in [-0.05, 0) is 26.0 Å². The number of aliphatic carboxylic acids is 2. The lowest BCUT2D eigenvalue weighted by Crippen LogP contribution is -2.39. The van der Waals surface area contributed by atoms with Crippen molar-refractivity contribution in [2.24, 2.45) is 0 Å². The first-order valence-corrected chi connectivity index (χ1v) is 10.3. The van der Waals surface area contributed by atoms with Crippen LogP contribution in [0.1, 0.15) is 28.1 Å². The third-order valence-electron chi connectivity index (χ3n) is 4.01. The maximum absolute atomic E-state index is 10.6. The van der Waals surface area contributed by atoms with E-state index in [1.807, 2.05) is 19.9 Å². The second kappa shape index (κ2) is 12.6. The minimum absolute atomic E-state index is 0.246. The molecule has 3 heterocycles. The summed E-state index contributed by atoms with van der Waals surface area (Å²) in [5, 5.41) is 17.5. The molecule has 190 valence electrons. The molecule has 8 nitrogen and oxygen atoms in total. The third kappa shape index (κ3) is 10.4. The highest BCUT2D eigenvalue weighted by Gasteiger charge is 2.38. The zero-order chi connectivity index (χ0) is 26.1. The number of aromatic nitrogens is 2. The smallest absolute Gasteiger partial charge is 0.475 e. The molecule has 0 radical (unpaired) electrons. The fraction of sp³-hybridized carbons (Fsp3) is 0.474. The molecule has 0 aliphatic carbocycles. The van der Waals surface area contributed by atoms with E-state index in [9.17, 15) is 26.3 Å². The Balaban J connectivity index is 0.000000343. The number of alkyl halides is 6. The van der Waals surface area contributed by atoms with E-state index in [1.54, 1.807) is 11.3 Å². The summed E-state index contributed by atoms with van der Waals surface area (Å²) in [6.07, 6.45) is -10.2. The van der Waals surface area contributed by atoms with Crippen LogP contribution < -0.4 is 0 Å². The van der Waals surface area contributed by atoms with Gasteiger partial charge in [0.2, 0.25) is 0 Å². The highest BCUT2D eigenvalue weighted by molar-refractivity contribution is 7.09. The monoisotopic (exact) mass is 517 g/mol. The molecule has 1 fully saturated rings. The molecule has 2 N–H and O–H groups in total. The van der Waals surface area contributed by atoms with Crippen LogP contribution >= 0.6 is 11.3 Å². The Morgan fingerprint density at radius 1 is 1.09 bits per heavy atom. The van der Waals surface area contributed by atoms with Gasteiger partial charge in [-0.15, -0.1) is 11.3 Å². The van der Waals surface area contributed by atoms with Crippen LogP contribution in [0.15, 0.2) is 23.6 Å².